The zero-order valence-corrected chi connectivity index (χ0v) is 16.8. The molecule has 0 aromatic rings. The third kappa shape index (κ3) is 16.2. The van der Waals surface area contributed by atoms with Gasteiger partial charge in [-0.3, -0.25) is 9.59 Å². The van der Waals surface area contributed by atoms with Gasteiger partial charge in [0.05, 0.1) is 6.61 Å². The number of rotatable bonds is 17. The van der Waals surface area contributed by atoms with Crippen molar-refractivity contribution in [2.24, 2.45) is 0 Å². The van der Waals surface area contributed by atoms with E-state index in [1.54, 1.807) is 0 Å². The maximum atomic E-state index is 11.6. The summed E-state index contributed by atoms with van der Waals surface area (Å²) < 4.78 is 10.6. The summed E-state index contributed by atoms with van der Waals surface area (Å²) in [6.45, 7) is 6.80. The van der Waals surface area contributed by atoms with Crippen molar-refractivity contribution in [2.45, 2.75) is 117 Å². The molecule has 0 aromatic heterocycles. The zero-order chi connectivity index (χ0) is 18.8. The molecule has 0 unspecified atom stereocenters. The van der Waals surface area contributed by atoms with E-state index in [1.807, 2.05) is 13.8 Å². The predicted molar refractivity (Wildman–Crippen MR) is 102 cm³/mol. The Labute approximate surface area is 155 Å². The largest absolute Gasteiger partial charge is 0.466 e. The average molecular weight is 357 g/mol. The van der Waals surface area contributed by atoms with Crippen LogP contribution in [0.25, 0.3) is 0 Å². The minimum absolute atomic E-state index is 0.0316. The second kappa shape index (κ2) is 17.8. The van der Waals surface area contributed by atoms with Crippen molar-refractivity contribution in [2.75, 3.05) is 6.61 Å². The van der Waals surface area contributed by atoms with Gasteiger partial charge in [-0.05, 0) is 32.1 Å². The molecule has 0 saturated heterocycles. The number of esters is 2. The second-order valence-corrected chi connectivity index (χ2v) is 6.83. The molecule has 0 saturated carbocycles. The van der Waals surface area contributed by atoms with Crippen LogP contribution in [0.15, 0.2) is 0 Å². The van der Waals surface area contributed by atoms with Crippen molar-refractivity contribution in [1.29, 1.82) is 0 Å². The van der Waals surface area contributed by atoms with Crippen LogP contribution in [-0.2, 0) is 19.1 Å². The highest BCUT2D eigenvalue weighted by Crippen LogP contribution is 2.10. The minimum Gasteiger partial charge on any atom is -0.466 e. The summed E-state index contributed by atoms with van der Waals surface area (Å²) in [5.74, 6) is -0.294. The van der Waals surface area contributed by atoms with E-state index >= 15 is 0 Å². The van der Waals surface area contributed by atoms with Crippen molar-refractivity contribution < 1.29 is 19.1 Å². The lowest BCUT2D eigenvalue weighted by atomic mass is 10.1. The quantitative estimate of drug-likeness (QED) is 0.238. The molecule has 0 amide bonds. The van der Waals surface area contributed by atoms with Crippen LogP contribution in [0.2, 0.25) is 0 Å². The van der Waals surface area contributed by atoms with Crippen LogP contribution in [0.3, 0.4) is 0 Å². The molecule has 0 rings (SSSR count). The molecule has 0 bridgehead atoms. The minimum atomic E-state index is -0.152. The molecule has 25 heavy (non-hydrogen) atoms. The van der Waals surface area contributed by atoms with Crippen molar-refractivity contribution in [3.8, 4) is 0 Å². The van der Waals surface area contributed by atoms with Crippen LogP contribution in [-0.4, -0.2) is 24.6 Å². The second-order valence-electron chi connectivity index (χ2n) is 6.83. The van der Waals surface area contributed by atoms with Gasteiger partial charge in [0.1, 0.15) is 6.10 Å². The topological polar surface area (TPSA) is 52.6 Å². The first-order chi connectivity index (χ1) is 12.1. The van der Waals surface area contributed by atoms with Gasteiger partial charge in [-0.1, -0.05) is 65.7 Å². The Morgan fingerprint density at radius 2 is 1.20 bits per heavy atom. The lowest BCUT2D eigenvalue weighted by Crippen LogP contribution is -2.16. The molecule has 0 N–H and O–H groups in total. The third-order valence-electron chi connectivity index (χ3n) is 4.48. The maximum absolute atomic E-state index is 11.6. The van der Waals surface area contributed by atoms with E-state index in [1.165, 1.54) is 38.5 Å². The highest BCUT2D eigenvalue weighted by Gasteiger charge is 2.10. The van der Waals surface area contributed by atoms with E-state index in [9.17, 15) is 9.59 Å². The number of carbonyl (C=O) groups excluding carboxylic acids is 2. The maximum Gasteiger partial charge on any atom is 0.306 e. The molecule has 0 aliphatic carbocycles. The van der Waals surface area contributed by atoms with Gasteiger partial charge in [-0.25, -0.2) is 0 Å². The Hall–Kier alpha value is -1.06. The molecule has 0 radical (unpaired) electrons. The average Bonchev–Trinajstić information content (AvgIpc) is 2.61. The summed E-state index contributed by atoms with van der Waals surface area (Å²) in [7, 11) is 0. The van der Waals surface area contributed by atoms with E-state index in [4.69, 9.17) is 9.47 Å². The highest BCUT2D eigenvalue weighted by atomic mass is 16.5. The predicted octanol–water partition coefficient (Wildman–Crippen LogP) is 5.96. The Kier molecular flexibility index (Phi) is 17.0. The van der Waals surface area contributed by atoms with Gasteiger partial charge < -0.3 is 9.47 Å². The lowest BCUT2D eigenvalue weighted by Gasteiger charge is -2.13. The molecule has 0 atom stereocenters. The molecule has 0 aliphatic heterocycles. The normalized spacial score (nSPS) is 10.9. The van der Waals surface area contributed by atoms with Gasteiger partial charge in [0.15, 0.2) is 0 Å². The summed E-state index contributed by atoms with van der Waals surface area (Å²) in [5.41, 5.74) is 0. The van der Waals surface area contributed by atoms with Crippen molar-refractivity contribution >= 4 is 11.9 Å². The summed E-state index contributed by atoms with van der Waals surface area (Å²) in [6, 6.07) is 0. The van der Waals surface area contributed by atoms with Gasteiger partial charge in [0.2, 0.25) is 0 Å². The van der Waals surface area contributed by atoms with Gasteiger partial charge >= 0.3 is 11.9 Å². The first-order valence-electron chi connectivity index (χ1n) is 10.5. The van der Waals surface area contributed by atoms with Gasteiger partial charge in [0, 0.05) is 12.8 Å². The highest BCUT2D eigenvalue weighted by molar-refractivity contribution is 5.70. The van der Waals surface area contributed by atoms with Gasteiger partial charge in [-0.15, -0.1) is 0 Å². The van der Waals surface area contributed by atoms with Crippen molar-refractivity contribution in [3.63, 3.8) is 0 Å². The lowest BCUT2D eigenvalue weighted by molar-refractivity contribution is -0.150. The monoisotopic (exact) mass is 356 g/mol. The Morgan fingerprint density at radius 3 is 1.76 bits per heavy atom. The van der Waals surface area contributed by atoms with E-state index in [-0.39, 0.29) is 18.0 Å². The molecular formula is C21H40O4. The van der Waals surface area contributed by atoms with Crippen LogP contribution >= 0.6 is 0 Å². The van der Waals surface area contributed by atoms with Crippen LogP contribution in [0.5, 0.6) is 0 Å². The van der Waals surface area contributed by atoms with Crippen LogP contribution < -0.4 is 0 Å². The number of hydrogen-bond acceptors (Lipinski definition) is 4. The fraction of sp³-hybridized carbons (Fsp3) is 0.905. The van der Waals surface area contributed by atoms with Crippen molar-refractivity contribution in [1.82, 2.24) is 0 Å². The van der Waals surface area contributed by atoms with Gasteiger partial charge in [0.25, 0.3) is 0 Å². The molecule has 4 nitrogen and oxygen atoms in total. The molecule has 0 fully saturated rings. The van der Waals surface area contributed by atoms with E-state index < -0.39 is 0 Å². The molecule has 0 aromatic carbocycles. The summed E-state index contributed by atoms with van der Waals surface area (Å²) >= 11 is 0. The van der Waals surface area contributed by atoms with Gasteiger partial charge in [-0.2, -0.15) is 0 Å². The van der Waals surface area contributed by atoms with Crippen LogP contribution in [0.1, 0.15) is 111 Å². The van der Waals surface area contributed by atoms with Crippen molar-refractivity contribution in [3.05, 3.63) is 0 Å². The number of carbonyl (C=O) groups is 2. The van der Waals surface area contributed by atoms with E-state index in [0.717, 1.165) is 25.7 Å². The summed E-state index contributed by atoms with van der Waals surface area (Å²) in [6.07, 6.45) is 13.8. The third-order valence-corrected chi connectivity index (χ3v) is 4.48. The molecule has 0 heterocycles. The molecule has 4 heteroatoms. The van der Waals surface area contributed by atoms with E-state index in [2.05, 4.69) is 6.92 Å². The number of hydrogen-bond donors (Lipinski definition) is 0. The fourth-order valence-electron chi connectivity index (χ4n) is 2.73. The summed E-state index contributed by atoms with van der Waals surface area (Å²) in [4.78, 5) is 23.3. The first-order valence-corrected chi connectivity index (χ1v) is 10.5. The zero-order valence-electron chi connectivity index (χ0n) is 16.8. The molecule has 148 valence electrons. The Balaban J connectivity index is 3.40. The Morgan fingerprint density at radius 1 is 0.680 bits per heavy atom. The molecular weight excluding hydrogens is 316 g/mol. The molecule has 0 aliphatic rings. The SMILES string of the molecule is CCCCCCCCCCOC(=O)CCCCC(=O)OC(CC)CC. The first kappa shape index (κ1) is 23.9. The van der Waals surface area contributed by atoms with E-state index in [0.29, 0.717) is 32.3 Å². The number of ether oxygens (including phenoxy) is 2. The van der Waals surface area contributed by atoms with Crippen LogP contribution in [0.4, 0.5) is 0 Å². The summed E-state index contributed by atoms with van der Waals surface area (Å²) in [5, 5.41) is 0. The fourth-order valence-corrected chi connectivity index (χ4v) is 2.73. The molecule has 0 spiro atoms. The smallest absolute Gasteiger partial charge is 0.306 e. The van der Waals surface area contributed by atoms with Crippen LogP contribution in [0, 0.1) is 0 Å². The number of unbranched alkanes of at least 4 members (excludes halogenated alkanes) is 8. The Bertz CT molecular complexity index is 324. The standard InChI is InChI=1S/C21H40O4/c1-4-7-8-9-10-11-12-15-18-24-20(22)16-13-14-17-21(23)25-19(5-2)6-3/h19H,4-18H2,1-3H3.